The lowest BCUT2D eigenvalue weighted by molar-refractivity contribution is 0.855. The summed E-state index contributed by atoms with van der Waals surface area (Å²) in [6.07, 6.45) is 0. The molecule has 2 heterocycles. The zero-order valence-corrected chi connectivity index (χ0v) is 9.07. The molecule has 0 atom stereocenters. The van der Waals surface area contributed by atoms with Crippen molar-refractivity contribution in [2.45, 2.75) is 6.92 Å². The van der Waals surface area contributed by atoms with Crippen LogP contribution in [-0.2, 0) is 0 Å². The highest BCUT2D eigenvalue weighted by molar-refractivity contribution is 6.06. The van der Waals surface area contributed by atoms with Crippen LogP contribution in [0.4, 0.5) is 0 Å². The first kappa shape index (κ1) is 9.71. The third-order valence-corrected chi connectivity index (χ3v) is 2.92. The summed E-state index contributed by atoms with van der Waals surface area (Å²) in [5.74, 6) is 5.35. The van der Waals surface area contributed by atoms with Crippen LogP contribution < -0.4 is 17.1 Å². The lowest BCUT2D eigenvalue weighted by atomic mass is 10.1. The predicted molar refractivity (Wildman–Crippen MR) is 65.6 cm³/mol. The van der Waals surface area contributed by atoms with E-state index in [4.69, 9.17) is 5.84 Å². The number of aryl methyl sites for hydroxylation is 1. The lowest BCUT2D eigenvalue weighted by Gasteiger charge is -1.97. The van der Waals surface area contributed by atoms with E-state index in [1.165, 1.54) is 0 Å². The van der Waals surface area contributed by atoms with Crippen molar-refractivity contribution in [1.82, 2.24) is 14.6 Å². The van der Waals surface area contributed by atoms with E-state index in [0.29, 0.717) is 15.7 Å². The van der Waals surface area contributed by atoms with Crippen molar-refractivity contribution in [2.75, 3.05) is 5.84 Å². The number of benzene rings is 1. The highest BCUT2D eigenvalue weighted by Crippen LogP contribution is 2.23. The van der Waals surface area contributed by atoms with Crippen molar-refractivity contribution in [2.24, 2.45) is 0 Å². The number of aromatic amines is 2. The zero-order valence-electron chi connectivity index (χ0n) is 9.07. The molecule has 0 aliphatic heterocycles. The van der Waals surface area contributed by atoms with Crippen molar-refractivity contribution in [3.63, 3.8) is 0 Å². The number of nitrogens with two attached hydrogens (primary N) is 1. The number of nitrogens with one attached hydrogen (secondary N) is 2. The Hall–Kier alpha value is -2.50. The van der Waals surface area contributed by atoms with E-state index in [-0.39, 0.29) is 0 Å². The van der Waals surface area contributed by atoms with E-state index in [2.05, 4.69) is 9.97 Å². The van der Waals surface area contributed by atoms with Gasteiger partial charge in [0.05, 0.1) is 5.52 Å². The molecule has 86 valence electrons. The van der Waals surface area contributed by atoms with Gasteiger partial charge in [0.1, 0.15) is 5.52 Å². The van der Waals surface area contributed by atoms with Gasteiger partial charge in [0.2, 0.25) is 0 Å². The molecule has 6 nitrogen and oxygen atoms in total. The van der Waals surface area contributed by atoms with Crippen LogP contribution >= 0.6 is 0 Å². The van der Waals surface area contributed by atoms with Gasteiger partial charge in [0, 0.05) is 10.9 Å². The van der Waals surface area contributed by atoms with Crippen LogP contribution in [0.1, 0.15) is 5.56 Å². The Balaban J connectivity index is 2.73. The molecule has 0 aliphatic carbocycles. The molecule has 1 aromatic carbocycles. The number of rotatable bonds is 0. The number of hydrogen-bond donors (Lipinski definition) is 3. The highest BCUT2D eigenvalue weighted by atomic mass is 16.2. The molecule has 0 unspecified atom stereocenters. The highest BCUT2D eigenvalue weighted by Gasteiger charge is 2.12. The molecule has 0 bridgehead atoms. The van der Waals surface area contributed by atoms with Crippen LogP contribution in [0, 0.1) is 6.92 Å². The van der Waals surface area contributed by atoms with E-state index in [1.807, 2.05) is 25.1 Å². The minimum Gasteiger partial charge on any atom is -0.349 e. The van der Waals surface area contributed by atoms with E-state index in [1.54, 1.807) is 0 Å². The van der Waals surface area contributed by atoms with Crippen molar-refractivity contribution in [1.29, 1.82) is 0 Å². The Kier molecular flexibility index (Phi) is 1.72. The maximum atomic E-state index is 11.8. The topological polar surface area (TPSA) is 96.7 Å². The molecule has 4 N–H and O–H groups in total. The van der Waals surface area contributed by atoms with Gasteiger partial charge in [-0.1, -0.05) is 12.1 Å². The SMILES string of the molecule is Cc1cccc2[nH]c3c(=O)n(N)c(=O)[nH]c3c12. The van der Waals surface area contributed by atoms with Crippen molar-refractivity contribution >= 4 is 21.9 Å². The van der Waals surface area contributed by atoms with Crippen molar-refractivity contribution in [3.05, 3.63) is 44.6 Å². The van der Waals surface area contributed by atoms with Gasteiger partial charge >= 0.3 is 5.69 Å². The second-order valence-electron chi connectivity index (χ2n) is 3.98. The molecule has 6 heteroatoms. The summed E-state index contributed by atoms with van der Waals surface area (Å²) < 4.78 is 0.563. The van der Waals surface area contributed by atoms with Crippen LogP contribution in [0.2, 0.25) is 0 Å². The standard InChI is InChI=1S/C11H10N4O2/c1-5-3-2-4-6-7(5)8-9(13-6)10(16)15(12)11(17)14-8/h2-4,13H,12H2,1H3,(H,14,17). The Labute approximate surface area is 94.7 Å². The molecule has 3 aromatic rings. The van der Waals surface area contributed by atoms with Crippen LogP contribution in [-0.4, -0.2) is 14.6 Å². The van der Waals surface area contributed by atoms with Gasteiger partial charge < -0.3 is 15.8 Å². The molecular weight excluding hydrogens is 220 g/mol. The molecule has 0 saturated carbocycles. The summed E-state index contributed by atoms with van der Waals surface area (Å²) in [5.41, 5.74) is 1.47. The summed E-state index contributed by atoms with van der Waals surface area (Å²) in [4.78, 5) is 28.9. The van der Waals surface area contributed by atoms with Gasteiger partial charge in [-0.25, -0.2) is 4.79 Å². The second-order valence-corrected chi connectivity index (χ2v) is 3.98. The first-order valence-electron chi connectivity index (χ1n) is 5.11. The van der Waals surface area contributed by atoms with Crippen molar-refractivity contribution < 1.29 is 0 Å². The zero-order chi connectivity index (χ0) is 12.2. The maximum Gasteiger partial charge on any atom is 0.347 e. The van der Waals surface area contributed by atoms with Gasteiger partial charge in [0.25, 0.3) is 5.56 Å². The fourth-order valence-electron chi connectivity index (χ4n) is 2.09. The summed E-state index contributed by atoms with van der Waals surface area (Å²) in [5, 5.41) is 0.845. The van der Waals surface area contributed by atoms with E-state index < -0.39 is 11.2 Å². The lowest BCUT2D eigenvalue weighted by Crippen LogP contribution is -2.40. The summed E-state index contributed by atoms with van der Waals surface area (Å²) in [6.45, 7) is 1.92. The summed E-state index contributed by atoms with van der Waals surface area (Å²) >= 11 is 0. The quantitative estimate of drug-likeness (QED) is 0.481. The second kappa shape index (κ2) is 3.00. The molecule has 3 rings (SSSR count). The predicted octanol–water partition coefficient (Wildman–Crippen LogP) is 0.193. The first-order chi connectivity index (χ1) is 8.09. The molecule has 0 spiro atoms. The average molecular weight is 230 g/mol. The van der Waals surface area contributed by atoms with E-state index in [0.717, 1.165) is 16.5 Å². The number of fused-ring (bicyclic) bond motifs is 3. The van der Waals surface area contributed by atoms with Gasteiger partial charge in [-0.3, -0.25) is 4.79 Å². The fourth-order valence-corrected chi connectivity index (χ4v) is 2.09. The maximum absolute atomic E-state index is 11.8. The molecule has 2 aromatic heterocycles. The Bertz CT molecular complexity index is 853. The molecule has 0 amide bonds. The molecule has 0 fully saturated rings. The van der Waals surface area contributed by atoms with Crippen molar-refractivity contribution in [3.8, 4) is 0 Å². The molecule has 0 saturated heterocycles. The van der Waals surface area contributed by atoms with Crippen LogP contribution in [0.3, 0.4) is 0 Å². The van der Waals surface area contributed by atoms with E-state index >= 15 is 0 Å². The number of nitrogens with zero attached hydrogens (tertiary/aromatic N) is 1. The number of nitrogen functional groups attached to an aromatic ring is 1. The monoisotopic (exact) mass is 230 g/mol. The summed E-state index contributed by atoms with van der Waals surface area (Å²) in [7, 11) is 0. The van der Waals surface area contributed by atoms with Crippen LogP contribution in [0.5, 0.6) is 0 Å². The largest absolute Gasteiger partial charge is 0.349 e. The number of aromatic nitrogens is 3. The number of H-pyrrole nitrogens is 2. The van der Waals surface area contributed by atoms with E-state index in [9.17, 15) is 9.59 Å². The first-order valence-corrected chi connectivity index (χ1v) is 5.11. The normalized spacial score (nSPS) is 11.4. The Morgan fingerprint density at radius 3 is 2.71 bits per heavy atom. The van der Waals surface area contributed by atoms with Gasteiger partial charge in [-0.05, 0) is 18.6 Å². The smallest absolute Gasteiger partial charge is 0.347 e. The molecular formula is C11H10N4O2. The Morgan fingerprint density at radius 1 is 1.18 bits per heavy atom. The van der Waals surface area contributed by atoms with Crippen LogP contribution in [0.15, 0.2) is 27.8 Å². The minimum absolute atomic E-state index is 0.316. The fraction of sp³-hybridized carbons (Fsp3) is 0.0909. The average Bonchev–Trinajstić information content (AvgIpc) is 2.66. The van der Waals surface area contributed by atoms with Crippen LogP contribution in [0.25, 0.3) is 21.9 Å². The summed E-state index contributed by atoms with van der Waals surface area (Å²) in [6, 6.07) is 5.65. The number of hydrogen-bond acceptors (Lipinski definition) is 3. The van der Waals surface area contributed by atoms with Gasteiger partial charge in [0.15, 0.2) is 0 Å². The molecule has 0 radical (unpaired) electrons. The van der Waals surface area contributed by atoms with Gasteiger partial charge in [-0.2, -0.15) is 4.68 Å². The minimum atomic E-state index is -0.619. The molecule has 0 aliphatic rings. The van der Waals surface area contributed by atoms with Gasteiger partial charge in [-0.15, -0.1) is 0 Å². The Morgan fingerprint density at radius 2 is 1.94 bits per heavy atom. The third kappa shape index (κ3) is 1.14. The molecule has 17 heavy (non-hydrogen) atoms. The third-order valence-electron chi connectivity index (χ3n) is 2.92.